The smallest absolute Gasteiger partial charge is 0.338 e. The van der Waals surface area contributed by atoms with Crippen molar-refractivity contribution < 1.29 is 14.3 Å². The topological polar surface area (TPSA) is 62.5 Å². The highest BCUT2D eigenvalue weighted by Gasteiger charge is 2.06. The molecule has 0 aliphatic rings. The molecule has 4 nitrogen and oxygen atoms in total. The first kappa shape index (κ1) is 7.81. The molecule has 2 N–H and O–H groups in total. The second-order valence-electron chi connectivity index (χ2n) is 2.14. The summed E-state index contributed by atoms with van der Waals surface area (Å²) in [6, 6.07) is 1.50. The van der Waals surface area contributed by atoms with E-state index in [9.17, 15) is 4.79 Å². The molecule has 0 atom stereocenters. The van der Waals surface area contributed by atoms with E-state index in [1.807, 2.05) is 0 Å². The lowest BCUT2D eigenvalue weighted by atomic mass is 10.3. The molecule has 0 aliphatic carbocycles. The summed E-state index contributed by atoms with van der Waals surface area (Å²) in [5, 5.41) is 11.3. The fraction of sp³-hybridized carbons (Fsp3) is 0.286. The van der Waals surface area contributed by atoms with Gasteiger partial charge in [-0.25, -0.2) is 4.79 Å². The maximum Gasteiger partial charge on any atom is 0.338 e. The summed E-state index contributed by atoms with van der Waals surface area (Å²) in [6.07, 6.45) is 1.23. The summed E-state index contributed by atoms with van der Waals surface area (Å²) in [6.45, 7) is 0.549. The number of furan rings is 1. The molecule has 60 valence electrons. The Balaban J connectivity index is 2.73. The van der Waals surface area contributed by atoms with E-state index in [1.165, 1.54) is 12.3 Å². The van der Waals surface area contributed by atoms with E-state index in [0.717, 1.165) is 0 Å². The Labute approximate surface area is 63.8 Å². The van der Waals surface area contributed by atoms with Crippen LogP contribution < -0.4 is 5.32 Å². The number of rotatable bonds is 3. The minimum absolute atomic E-state index is 0.190. The van der Waals surface area contributed by atoms with Gasteiger partial charge >= 0.3 is 5.97 Å². The van der Waals surface area contributed by atoms with Crippen molar-refractivity contribution in [1.29, 1.82) is 0 Å². The van der Waals surface area contributed by atoms with E-state index in [0.29, 0.717) is 12.3 Å². The Bertz CT molecular complexity index is 254. The van der Waals surface area contributed by atoms with E-state index in [1.54, 1.807) is 7.05 Å². The number of hydrogen-bond donors (Lipinski definition) is 2. The SMILES string of the molecule is CNCc1cc(C(=O)O)co1. The van der Waals surface area contributed by atoms with Crippen LogP contribution in [0.1, 0.15) is 16.1 Å². The van der Waals surface area contributed by atoms with E-state index in [-0.39, 0.29) is 5.56 Å². The fourth-order valence-electron chi connectivity index (χ4n) is 0.760. The van der Waals surface area contributed by atoms with E-state index in [2.05, 4.69) is 5.32 Å². The maximum atomic E-state index is 10.3. The van der Waals surface area contributed by atoms with Crippen LogP contribution in [-0.2, 0) is 6.54 Å². The Morgan fingerprint density at radius 3 is 3.00 bits per heavy atom. The van der Waals surface area contributed by atoms with Gasteiger partial charge in [0.25, 0.3) is 0 Å². The Morgan fingerprint density at radius 1 is 1.82 bits per heavy atom. The third-order valence-electron chi connectivity index (χ3n) is 1.25. The summed E-state index contributed by atoms with van der Waals surface area (Å²) in [7, 11) is 1.77. The summed E-state index contributed by atoms with van der Waals surface area (Å²) in [4.78, 5) is 10.3. The number of aromatic carboxylic acids is 1. The molecule has 11 heavy (non-hydrogen) atoms. The van der Waals surface area contributed by atoms with Crippen LogP contribution in [0.15, 0.2) is 16.7 Å². The molecule has 1 rings (SSSR count). The third-order valence-corrected chi connectivity index (χ3v) is 1.25. The summed E-state index contributed by atoms with van der Waals surface area (Å²) < 4.78 is 4.92. The van der Waals surface area contributed by atoms with Gasteiger partial charge in [-0.15, -0.1) is 0 Å². The van der Waals surface area contributed by atoms with Gasteiger partial charge in [-0.2, -0.15) is 0 Å². The van der Waals surface area contributed by atoms with Crippen molar-refractivity contribution in [3.63, 3.8) is 0 Å². The van der Waals surface area contributed by atoms with Crippen LogP contribution in [0.3, 0.4) is 0 Å². The molecule has 1 heterocycles. The van der Waals surface area contributed by atoms with Gasteiger partial charge in [0.15, 0.2) is 0 Å². The molecule has 4 heteroatoms. The molecule has 1 aromatic rings. The monoisotopic (exact) mass is 155 g/mol. The highest BCUT2D eigenvalue weighted by Crippen LogP contribution is 2.06. The molecule has 0 amide bonds. The lowest BCUT2D eigenvalue weighted by molar-refractivity contribution is 0.0696. The zero-order valence-electron chi connectivity index (χ0n) is 6.13. The van der Waals surface area contributed by atoms with E-state index < -0.39 is 5.97 Å². The van der Waals surface area contributed by atoms with Gasteiger partial charge < -0.3 is 14.8 Å². The van der Waals surface area contributed by atoms with Crippen LogP contribution in [0.4, 0.5) is 0 Å². The largest absolute Gasteiger partial charge is 0.478 e. The molecule has 0 saturated heterocycles. The minimum atomic E-state index is -0.962. The molecule has 0 aliphatic heterocycles. The molecular formula is C7H9NO3. The van der Waals surface area contributed by atoms with Gasteiger partial charge in [0, 0.05) is 0 Å². The number of carbonyl (C=O) groups is 1. The van der Waals surface area contributed by atoms with Crippen LogP contribution >= 0.6 is 0 Å². The fourth-order valence-corrected chi connectivity index (χ4v) is 0.760. The average Bonchev–Trinajstić information content (AvgIpc) is 2.37. The maximum absolute atomic E-state index is 10.3. The lowest BCUT2D eigenvalue weighted by Gasteiger charge is -1.89. The number of hydrogen-bond acceptors (Lipinski definition) is 3. The first-order valence-electron chi connectivity index (χ1n) is 3.19. The predicted molar refractivity (Wildman–Crippen MR) is 38.4 cm³/mol. The third kappa shape index (κ3) is 1.81. The Hall–Kier alpha value is -1.29. The molecule has 0 saturated carbocycles. The number of nitrogens with one attached hydrogen (secondary N) is 1. The highest BCUT2D eigenvalue weighted by atomic mass is 16.4. The van der Waals surface area contributed by atoms with Crippen LogP contribution in [0, 0.1) is 0 Å². The first-order chi connectivity index (χ1) is 5.24. The van der Waals surface area contributed by atoms with Crippen LogP contribution in [0.2, 0.25) is 0 Å². The van der Waals surface area contributed by atoms with Crippen molar-refractivity contribution >= 4 is 5.97 Å². The molecule has 0 fully saturated rings. The molecule has 0 radical (unpaired) electrons. The van der Waals surface area contributed by atoms with Gasteiger partial charge in [0.05, 0.1) is 12.1 Å². The zero-order chi connectivity index (χ0) is 8.27. The quantitative estimate of drug-likeness (QED) is 0.674. The van der Waals surface area contributed by atoms with Crippen molar-refractivity contribution in [2.24, 2.45) is 0 Å². The normalized spacial score (nSPS) is 9.91. The van der Waals surface area contributed by atoms with E-state index >= 15 is 0 Å². The summed E-state index contributed by atoms with van der Waals surface area (Å²) in [5.41, 5.74) is 0.190. The minimum Gasteiger partial charge on any atom is -0.478 e. The summed E-state index contributed by atoms with van der Waals surface area (Å²) >= 11 is 0. The van der Waals surface area contributed by atoms with Gasteiger partial charge in [-0.05, 0) is 13.1 Å². The molecular weight excluding hydrogens is 146 g/mol. The molecule has 1 aromatic heterocycles. The molecule has 0 unspecified atom stereocenters. The predicted octanol–water partition coefficient (Wildman–Crippen LogP) is 0.697. The Morgan fingerprint density at radius 2 is 2.55 bits per heavy atom. The van der Waals surface area contributed by atoms with Crippen molar-refractivity contribution in [3.05, 3.63) is 23.7 Å². The van der Waals surface area contributed by atoms with Gasteiger partial charge in [-0.1, -0.05) is 0 Å². The van der Waals surface area contributed by atoms with Crippen molar-refractivity contribution in [2.45, 2.75) is 6.54 Å². The Kier molecular flexibility index (Phi) is 2.28. The van der Waals surface area contributed by atoms with Crippen LogP contribution in [0.25, 0.3) is 0 Å². The lowest BCUT2D eigenvalue weighted by Crippen LogP contribution is -2.03. The highest BCUT2D eigenvalue weighted by molar-refractivity contribution is 5.87. The standard InChI is InChI=1S/C7H9NO3/c1-8-3-6-2-5(4-11-6)7(9)10/h2,4,8H,3H2,1H3,(H,9,10). The first-order valence-corrected chi connectivity index (χ1v) is 3.19. The van der Waals surface area contributed by atoms with Crippen molar-refractivity contribution in [3.8, 4) is 0 Å². The van der Waals surface area contributed by atoms with Crippen molar-refractivity contribution in [1.82, 2.24) is 5.32 Å². The van der Waals surface area contributed by atoms with Crippen LogP contribution in [0.5, 0.6) is 0 Å². The molecule has 0 bridgehead atoms. The van der Waals surface area contributed by atoms with Crippen molar-refractivity contribution in [2.75, 3.05) is 7.05 Å². The van der Waals surface area contributed by atoms with E-state index in [4.69, 9.17) is 9.52 Å². The average molecular weight is 155 g/mol. The van der Waals surface area contributed by atoms with Gasteiger partial charge in [-0.3, -0.25) is 0 Å². The number of carboxylic acid groups (broad SMARTS) is 1. The second kappa shape index (κ2) is 3.21. The van der Waals surface area contributed by atoms with Gasteiger partial charge in [0.2, 0.25) is 0 Å². The molecule has 0 aromatic carbocycles. The summed E-state index contributed by atoms with van der Waals surface area (Å²) in [5.74, 6) is -0.332. The number of carboxylic acids is 1. The van der Waals surface area contributed by atoms with Crippen LogP contribution in [-0.4, -0.2) is 18.1 Å². The molecule has 0 spiro atoms. The van der Waals surface area contributed by atoms with Gasteiger partial charge in [0.1, 0.15) is 12.0 Å². The second-order valence-corrected chi connectivity index (χ2v) is 2.14. The zero-order valence-corrected chi connectivity index (χ0v) is 6.13.